The number of amides is 1. The molecule has 6 nitrogen and oxygen atoms in total. The minimum Gasteiger partial charge on any atom is -0.356 e. The Bertz CT molecular complexity index is 1170. The third-order valence-corrected chi connectivity index (χ3v) is 7.46. The first kappa shape index (κ1) is 23.6. The molecule has 2 aromatic carbocycles. The minimum absolute atomic E-state index is 0.0474. The molecule has 1 aliphatic carbocycles. The Morgan fingerprint density at radius 1 is 0.886 bits per heavy atom. The molecule has 0 spiro atoms. The third-order valence-electron chi connectivity index (χ3n) is 7.21. The number of carbonyl (C=O) groups is 1. The molecule has 182 valence electrons. The van der Waals surface area contributed by atoms with Crippen LogP contribution in [0, 0.1) is 6.92 Å². The molecule has 2 N–H and O–H groups in total. The van der Waals surface area contributed by atoms with Gasteiger partial charge in [-0.25, -0.2) is 4.98 Å². The van der Waals surface area contributed by atoms with E-state index in [9.17, 15) is 4.79 Å². The molecule has 1 aliphatic heterocycles. The fraction of sp³-hybridized carbons (Fsp3) is 0.393. The molecule has 5 rings (SSSR count). The maximum atomic E-state index is 13.4. The van der Waals surface area contributed by atoms with Crippen LogP contribution < -0.4 is 15.5 Å². The van der Waals surface area contributed by atoms with Crippen LogP contribution in [-0.2, 0) is 10.2 Å². The highest BCUT2D eigenvalue weighted by atomic mass is 35.5. The Labute approximate surface area is 212 Å². The van der Waals surface area contributed by atoms with E-state index in [0.29, 0.717) is 11.0 Å². The molecular weight excluding hydrogens is 458 g/mol. The van der Waals surface area contributed by atoms with Gasteiger partial charge in [-0.1, -0.05) is 36.6 Å². The number of rotatable bonds is 6. The molecule has 1 aromatic heterocycles. The number of nitrogens with one attached hydrogen (secondary N) is 2. The van der Waals surface area contributed by atoms with E-state index in [1.165, 1.54) is 19.3 Å². The lowest BCUT2D eigenvalue weighted by Crippen LogP contribution is -2.37. The fourth-order valence-corrected chi connectivity index (χ4v) is 5.43. The molecule has 35 heavy (non-hydrogen) atoms. The maximum Gasteiger partial charge on any atom is 0.235 e. The highest BCUT2D eigenvalue weighted by Gasteiger charge is 2.42. The van der Waals surface area contributed by atoms with Gasteiger partial charge in [0.15, 0.2) is 0 Å². The van der Waals surface area contributed by atoms with Gasteiger partial charge in [-0.15, -0.1) is 0 Å². The number of hydrogen-bond donors (Lipinski definition) is 2. The summed E-state index contributed by atoms with van der Waals surface area (Å²) in [4.78, 5) is 25.1. The molecule has 0 atom stereocenters. The first-order valence-electron chi connectivity index (χ1n) is 12.6. The quantitative estimate of drug-likeness (QED) is 0.407. The van der Waals surface area contributed by atoms with Gasteiger partial charge < -0.3 is 15.5 Å². The SMILES string of the molecule is Cc1cc(N2CCCCC2)nc(Nc2ccc(NC(=O)C3(c4ccc(Cl)cc4)CCCC3)cc2)n1. The van der Waals surface area contributed by atoms with Gasteiger partial charge in [-0.3, -0.25) is 4.79 Å². The lowest BCUT2D eigenvalue weighted by atomic mass is 9.78. The van der Waals surface area contributed by atoms with Crippen molar-refractivity contribution >= 4 is 40.6 Å². The lowest BCUT2D eigenvalue weighted by Gasteiger charge is -2.28. The van der Waals surface area contributed by atoms with Crippen molar-refractivity contribution in [3.63, 3.8) is 0 Å². The van der Waals surface area contributed by atoms with Gasteiger partial charge >= 0.3 is 0 Å². The summed E-state index contributed by atoms with van der Waals surface area (Å²) in [5, 5.41) is 7.16. The molecule has 1 saturated carbocycles. The van der Waals surface area contributed by atoms with E-state index in [1.807, 2.05) is 55.5 Å². The number of piperidine rings is 1. The van der Waals surface area contributed by atoms with Gasteiger partial charge in [0, 0.05) is 41.2 Å². The van der Waals surface area contributed by atoms with Crippen LogP contribution in [0.5, 0.6) is 0 Å². The molecule has 0 unspecified atom stereocenters. The summed E-state index contributed by atoms with van der Waals surface area (Å²) in [6.07, 6.45) is 7.50. The monoisotopic (exact) mass is 489 g/mol. The Kier molecular flexibility index (Phi) is 6.91. The maximum absolute atomic E-state index is 13.4. The fourth-order valence-electron chi connectivity index (χ4n) is 5.30. The number of halogens is 1. The van der Waals surface area contributed by atoms with E-state index in [4.69, 9.17) is 16.6 Å². The van der Waals surface area contributed by atoms with Crippen molar-refractivity contribution in [2.75, 3.05) is 28.6 Å². The Morgan fingerprint density at radius 2 is 1.54 bits per heavy atom. The van der Waals surface area contributed by atoms with Crippen molar-refractivity contribution in [2.24, 2.45) is 0 Å². The standard InChI is InChI=1S/C28H32ClN5O/c1-20-19-25(34-17-5-2-6-18-34)33-27(30-20)32-24-13-11-23(12-14-24)31-26(35)28(15-3-4-16-28)21-7-9-22(29)10-8-21/h7-14,19H,2-6,15-18H2,1H3,(H,31,35)(H,30,32,33). The highest BCUT2D eigenvalue weighted by molar-refractivity contribution is 6.30. The van der Waals surface area contributed by atoms with Crippen LogP contribution in [0.3, 0.4) is 0 Å². The molecule has 0 radical (unpaired) electrons. The molecule has 1 amide bonds. The normalized spacial score (nSPS) is 17.3. The van der Waals surface area contributed by atoms with E-state index < -0.39 is 5.41 Å². The van der Waals surface area contributed by atoms with Crippen LogP contribution in [0.15, 0.2) is 54.6 Å². The van der Waals surface area contributed by atoms with E-state index in [1.54, 1.807) is 0 Å². The van der Waals surface area contributed by atoms with Gasteiger partial charge in [-0.2, -0.15) is 4.98 Å². The Balaban J connectivity index is 1.28. The summed E-state index contributed by atoms with van der Waals surface area (Å²) in [7, 11) is 0. The van der Waals surface area contributed by atoms with Gasteiger partial charge in [0.2, 0.25) is 11.9 Å². The van der Waals surface area contributed by atoms with Crippen LogP contribution in [-0.4, -0.2) is 29.0 Å². The van der Waals surface area contributed by atoms with Crippen LogP contribution in [0.2, 0.25) is 5.02 Å². The number of anilines is 4. The van der Waals surface area contributed by atoms with Crippen molar-refractivity contribution in [3.8, 4) is 0 Å². The molecular formula is C28H32ClN5O. The highest BCUT2D eigenvalue weighted by Crippen LogP contribution is 2.42. The smallest absolute Gasteiger partial charge is 0.235 e. The topological polar surface area (TPSA) is 70.2 Å². The van der Waals surface area contributed by atoms with Crippen molar-refractivity contribution in [1.82, 2.24) is 9.97 Å². The second kappa shape index (κ2) is 10.2. The third kappa shape index (κ3) is 5.27. The summed E-state index contributed by atoms with van der Waals surface area (Å²) >= 11 is 6.08. The van der Waals surface area contributed by atoms with Crippen LogP contribution in [0.4, 0.5) is 23.1 Å². The van der Waals surface area contributed by atoms with Gasteiger partial charge in [-0.05, 0) is 81.0 Å². The zero-order chi connectivity index (χ0) is 24.3. The molecule has 3 aromatic rings. The van der Waals surface area contributed by atoms with E-state index >= 15 is 0 Å². The summed E-state index contributed by atoms with van der Waals surface area (Å²) in [5.74, 6) is 1.62. The second-order valence-electron chi connectivity index (χ2n) is 9.69. The van der Waals surface area contributed by atoms with Crippen LogP contribution >= 0.6 is 11.6 Å². The van der Waals surface area contributed by atoms with Gasteiger partial charge in [0.25, 0.3) is 0 Å². The van der Waals surface area contributed by atoms with Gasteiger partial charge in [0.1, 0.15) is 5.82 Å². The summed E-state index contributed by atoms with van der Waals surface area (Å²) in [6.45, 7) is 4.09. The molecule has 7 heteroatoms. The molecule has 1 saturated heterocycles. The van der Waals surface area contributed by atoms with Crippen molar-refractivity contribution in [2.45, 2.75) is 57.3 Å². The summed E-state index contributed by atoms with van der Waals surface area (Å²) < 4.78 is 0. The average molecular weight is 490 g/mol. The first-order chi connectivity index (χ1) is 17.0. The predicted molar refractivity (Wildman–Crippen MR) is 143 cm³/mol. The molecule has 2 heterocycles. The number of carbonyl (C=O) groups excluding carboxylic acids is 1. The lowest BCUT2D eigenvalue weighted by molar-refractivity contribution is -0.121. The number of aryl methyl sites for hydroxylation is 1. The molecule has 0 bridgehead atoms. The van der Waals surface area contributed by atoms with Crippen molar-refractivity contribution < 1.29 is 4.79 Å². The van der Waals surface area contributed by atoms with E-state index in [-0.39, 0.29) is 5.91 Å². The summed E-state index contributed by atoms with van der Waals surface area (Å²) in [5.41, 5.74) is 3.14. The van der Waals surface area contributed by atoms with Crippen molar-refractivity contribution in [1.29, 1.82) is 0 Å². The molecule has 2 fully saturated rings. The first-order valence-corrected chi connectivity index (χ1v) is 12.9. The number of hydrogen-bond acceptors (Lipinski definition) is 5. The minimum atomic E-state index is -0.498. The largest absolute Gasteiger partial charge is 0.356 e. The Hall–Kier alpha value is -3.12. The Morgan fingerprint density at radius 3 is 2.23 bits per heavy atom. The average Bonchev–Trinajstić information content (AvgIpc) is 3.37. The second-order valence-corrected chi connectivity index (χ2v) is 10.1. The van der Waals surface area contributed by atoms with Crippen molar-refractivity contribution in [3.05, 3.63) is 70.9 Å². The summed E-state index contributed by atoms with van der Waals surface area (Å²) in [6, 6.07) is 17.5. The zero-order valence-electron chi connectivity index (χ0n) is 20.2. The number of nitrogens with zero attached hydrogens (tertiary/aromatic N) is 3. The number of aromatic nitrogens is 2. The van der Waals surface area contributed by atoms with Gasteiger partial charge in [0.05, 0.1) is 5.41 Å². The predicted octanol–water partition coefficient (Wildman–Crippen LogP) is 6.62. The van der Waals surface area contributed by atoms with E-state index in [2.05, 4.69) is 26.6 Å². The molecule has 2 aliphatic rings. The van der Waals surface area contributed by atoms with Crippen LogP contribution in [0.1, 0.15) is 56.2 Å². The zero-order valence-corrected chi connectivity index (χ0v) is 20.9. The van der Waals surface area contributed by atoms with E-state index in [0.717, 1.165) is 67.2 Å². The number of benzene rings is 2. The van der Waals surface area contributed by atoms with Crippen LogP contribution in [0.25, 0.3) is 0 Å².